The van der Waals surface area contributed by atoms with Crippen LogP contribution in [0.25, 0.3) is 10.9 Å². The average molecular weight is 255 g/mol. The molecule has 2 aromatic rings. The van der Waals surface area contributed by atoms with Gasteiger partial charge in [0.1, 0.15) is 4.60 Å². The fourth-order valence-electron chi connectivity index (χ4n) is 1.38. The third-order valence-corrected chi connectivity index (χ3v) is 2.94. The standard InChI is InChI=1S/C9H7BrN2O2/c1-4-7-5(2-12-8(4)10)6(3-11-7)9(13)14/h2-3,11H,1H3,(H,13,14). The second-order valence-electron chi connectivity index (χ2n) is 2.97. The van der Waals surface area contributed by atoms with E-state index in [-0.39, 0.29) is 5.56 Å². The number of carbonyl (C=O) groups is 1. The van der Waals surface area contributed by atoms with Gasteiger partial charge in [-0.3, -0.25) is 0 Å². The number of aromatic amines is 1. The summed E-state index contributed by atoms with van der Waals surface area (Å²) in [5.74, 6) is -0.945. The maximum Gasteiger partial charge on any atom is 0.337 e. The van der Waals surface area contributed by atoms with Crippen molar-refractivity contribution in [2.24, 2.45) is 0 Å². The van der Waals surface area contributed by atoms with Gasteiger partial charge in [0.2, 0.25) is 0 Å². The molecule has 0 atom stereocenters. The summed E-state index contributed by atoms with van der Waals surface area (Å²) < 4.78 is 0.726. The average Bonchev–Trinajstić information content (AvgIpc) is 2.55. The number of halogens is 1. The lowest BCUT2D eigenvalue weighted by molar-refractivity contribution is 0.0699. The zero-order valence-electron chi connectivity index (χ0n) is 7.34. The van der Waals surface area contributed by atoms with Crippen molar-refractivity contribution in [3.05, 3.63) is 28.1 Å². The molecule has 0 unspecified atom stereocenters. The molecule has 2 heterocycles. The fourth-order valence-corrected chi connectivity index (χ4v) is 1.68. The molecule has 0 aromatic carbocycles. The van der Waals surface area contributed by atoms with Crippen LogP contribution >= 0.6 is 15.9 Å². The summed E-state index contributed by atoms with van der Waals surface area (Å²) in [5, 5.41) is 9.51. The smallest absolute Gasteiger partial charge is 0.337 e. The molecule has 0 radical (unpaired) electrons. The van der Waals surface area contributed by atoms with E-state index in [0.717, 1.165) is 15.7 Å². The van der Waals surface area contributed by atoms with E-state index in [2.05, 4.69) is 25.9 Å². The molecule has 0 saturated heterocycles. The summed E-state index contributed by atoms with van der Waals surface area (Å²) in [6.45, 7) is 1.88. The van der Waals surface area contributed by atoms with E-state index in [4.69, 9.17) is 5.11 Å². The second kappa shape index (κ2) is 3.09. The number of carboxylic acids is 1. The van der Waals surface area contributed by atoms with Gasteiger partial charge in [0, 0.05) is 23.3 Å². The first kappa shape index (κ1) is 9.21. The molecule has 0 saturated carbocycles. The maximum atomic E-state index is 10.8. The lowest BCUT2D eigenvalue weighted by Gasteiger charge is -1.98. The highest BCUT2D eigenvalue weighted by Crippen LogP contribution is 2.24. The predicted octanol–water partition coefficient (Wildman–Crippen LogP) is 2.33. The molecule has 2 aromatic heterocycles. The van der Waals surface area contributed by atoms with Gasteiger partial charge in [-0.05, 0) is 22.9 Å². The summed E-state index contributed by atoms with van der Waals surface area (Å²) >= 11 is 3.28. The molecule has 0 bridgehead atoms. The highest BCUT2D eigenvalue weighted by atomic mass is 79.9. The van der Waals surface area contributed by atoms with Crippen LogP contribution in [0.5, 0.6) is 0 Å². The minimum atomic E-state index is -0.945. The lowest BCUT2D eigenvalue weighted by atomic mass is 10.2. The van der Waals surface area contributed by atoms with Crippen LogP contribution in [-0.2, 0) is 0 Å². The van der Waals surface area contributed by atoms with Crippen LogP contribution in [0.1, 0.15) is 15.9 Å². The third-order valence-electron chi connectivity index (χ3n) is 2.14. The van der Waals surface area contributed by atoms with Crippen molar-refractivity contribution in [1.82, 2.24) is 9.97 Å². The molecule has 0 amide bonds. The molecule has 0 spiro atoms. The van der Waals surface area contributed by atoms with E-state index in [9.17, 15) is 4.79 Å². The minimum absolute atomic E-state index is 0.253. The van der Waals surface area contributed by atoms with Crippen LogP contribution < -0.4 is 0 Å². The number of aromatic carboxylic acids is 1. The van der Waals surface area contributed by atoms with Crippen molar-refractivity contribution in [3.8, 4) is 0 Å². The van der Waals surface area contributed by atoms with Crippen LogP contribution in [0.15, 0.2) is 17.0 Å². The topological polar surface area (TPSA) is 66.0 Å². The van der Waals surface area contributed by atoms with Gasteiger partial charge in [-0.25, -0.2) is 9.78 Å². The minimum Gasteiger partial charge on any atom is -0.478 e. The molecular formula is C9H7BrN2O2. The number of carboxylic acid groups (broad SMARTS) is 1. The molecular weight excluding hydrogens is 248 g/mol. The first-order valence-corrected chi connectivity index (χ1v) is 4.76. The normalized spacial score (nSPS) is 10.7. The third kappa shape index (κ3) is 1.21. The van der Waals surface area contributed by atoms with E-state index in [1.165, 1.54) is 6.20 Å². The van der Waals surface area contributed by atoms with Crippen molar-refractivity contribution < 1.29 is 9.90 Å². The zero-order chi connectivity index (χ0) is 10.3. The fraction of sp³-hybridized carbons (Fsp3) is 0.111. The van der Waals surface area contributed by atoms with Gasteiger partial charge < -0.3 is 10.1 Å². The molecule has 0 aliphatic heterocycles. The Labute approximate surface area is 88.1 Å². The second-order valence-corrected chi connectivity index (χ2v) is 3.72. The van der Waals surface area contributed by atoms with Gasteiger partial charge in [0.15, 0.2) is 0 Å². The summed E-state index contributed by atoms with van der Waals surface area (Å²) in [6.07, 6.45) is 3.03. The van der Waals surface area contributed by atoms with E-state index in [0.29, 0.717) is 5.39 Å². The SMILES string of the molecule is Cc1c(Br)ncc2c(C(=O)O)c[nH]c12. The summed E-state index contributed by atoms with van der Waals surface area (Å²) in [5.41, 5.74) is 1.97. The number of hydrogen-bond donors (Lipinski definition) is 2. The molecule has 72 valence electrons. The number of aromatic nitrogens is 2. The Morgan fingerprint density at radius 3 is 3.00 bits per heavy atom. The van der Waals surface area contributed by atoms with Crippen LogP contribution in [-0.4, -0.2) is 21.0 Å². The van der Waals surface area contributed by atoms with Crippen molar-refractivity contribution in [2.45, 2.75) is 6.92 Å². The lowest BCUT2D eigenvalue weighted by Crippen LogP contribution is -1.94. The summed E-state index contributed by atoms with van der Waals surface area (Å²) in [7, 11) is 0. The molecule has 4 nitrogen and oxygen atoms in total. The number of aryl methyl sites for hydroxylation is 1. The number of nitrogens with zero attached hydrogens (tertiary/aromatic N) is 1. The molecule has 0 aliphatic carbocycles. The number of nitrogens with one attached hydrogen (secondary N) is 1. The van der Waals surface area contributed by atoms with Crippen molar-refractivity contribution in [1.29, 1.82) is 0 Å². The highest BCUT2D eigenvalue weighted by Gasteiger charge is 2.13. The predicted molar refractivity (Wildman–Crippen MR) is 55.5 cm³/mol. The number of rotatable bonds is 1. The number of H-pyrrole nitrogens is 1. The number of hydrogen-bond acceptors (Lipinski definition) is 2. The van der Waals surface area contributed by atoms with E-state index in [1.54, 1.807) is 6.20 Å². The Bertz CT molecular complexity index is 519. The Morgan fingerprint density at radius 1 is 1.64 bits per heavy atom. The van der Waals surface area contributed by atoms with Gasteiger partial charge in [0.05, 0.1) is 11.1 Å². The van der Waals surface area contributed by atoms with Crippen LogP contribution in [0, 0.1) is 6.92 Å². The Kier molecular flexibility index (Phi) is 2.03. The largest absolute Gasteiger partial charge is 0.478 e. The Morgan fingerprint density at radius 2 is 2.36 bits per heavy atom. The van der Waals surface area contributed by atoms with Crippen LogP contribution in [0.4, 0.5) is 0 Å². The Hall–Kier alpha value is -1.36. The first-order valence-electron chi connectivity index (χ1n) is 3.96. The molecule has 2 N–H and O–H groups in total. The van der Waals surface area contributed by atoms with Crippen LogP contribution in [0.2, 0.25) is 0 Å². The molecule has 14 heavy (non-hydrogen) atoms. The van der Waals surface area contributed by atoms with Crippen LogP contribution in [0.3, 0.4) is 0 Å². The molecule has 5 heteroatoms. The molecule has 2 rings (SSSR count). The number of fused-ring (bicyclic) bond motifs is 1. The van der Waals surface area contributed by atoms with Gasteiger partial charge in [-0.15, -0.1) is 0 Å². The van der Waals surface area contributed by atoms with Gasteiger partial charge in [0.25, 0.3) is 0 Å². The summed E-state index contributed by atoms with van der Waals surface area (Å²) in [4.78, 5) is 17.8. The van der Waals surface area contributed by atoms with Crippen molar-refractivity contribution >= 4 is 32.8 Å². The van der Waals surface area contributed by atoms with Crippen molar-refractivity contribution in [2.75, 3.05) is 0 Å². The van der Waals surface area contributed by atoms with Crippen molar-refractivity contribution in [3.63, 3.8) is 0 Å². The first-order chi connectivity index (χ1) is 6.61. The Balaban J connectivity index is 2.83. The number of pyridine rings is 1. The van der Waals surface area contributed by atoms with E-state index >= 15 is 0 Å². The van der Waals surface area contributed by atoms with Gasteiger partial charge in [-0.1, -0.05) is 0 Å². The van der Waals surface area contributed by atoms with Gasteiger partial charge in [-0.2, -0.15) is 0 Å². The maximum absolute atomic E-state index is 10.8. The molecule has 0 aliphatic rings. The molecule has 0 fully saturated rings. The highest BCUT2D eigenvalue weighted by molar-refractivity contribution is 9.10. The quantitative estimate of drug-likeness (QED) is 0.768. The zero-order valence-corrected chi connectivity index (χ0v) is 8.92. The van der Waals surface area contributed by atoms with Gasteiger partial charge >= 0.3 is 5.97 Å². The van der Waals surface area contributed by atoms with E-state index in [1.807, 2.05) is 6.92 Å². The van der Waals surface area contributed by atoms with E-state index < -0.39 is 5.97 Å². The monoisotopic (exact) mass is 254 g/mol. The summed E-state index contributed by atoms with van der Waals surface area (Å²) in [6, 6.07) is 0.